The Balaban J connectivity index is 2.19. The third-order valence-corrected chi connectivity index (χ3v) is 3.80. The molecule has 0 fully saturated rings. The first kappa shape index (κ1) is 16.4. The van der Waals surface area contributed by atoms with Crippen LogP contribution in [-0.4, -0.2) is 38.1 Å². The van der Waals surface area contributed by atoms with E-state index in [4.69, 9.17) is 4.74 Å². The first-order valence-electron chi connectivity index (χ1n) is 7.18. The van der Waals surface area contributed by atoms with Gasteiger partial charge in [-0.25, -0.2) is 19.2 Å². The van der Waals surface area contributed by atoms with E-state index in [1.807, 2.05) is 0 Å². The number of ether oxygens (including phenoxy) is 3. The molecule has 1 heterocycles. The van der Waals surface area contributed by atoms with E-state index in [1.54, 1.807) is 6.07 Å². The Bertz CT molecular complexity index is 927. The maximum absolute atomic E-state index is 12.0. The molecule has 0 saturated heterocycles. The van der Waals surface area contributed by atoms with Crippen molar-refractivity contribution >= 4 is 23.9 Å². The van der Waals surface area contributed by atoms with Crippen molar-refractivity contribution in [3.05, 3.63) is 58.7 Å². The van der Waals surface area contributed by atoms with Gasteiger partial charge >= 0.3 is 23.9 Å². The summed E-state index contributed by atoms with van der Waals surface area (Å²) >= 11 is 0. The zero-order chi connectivity index (χ0) is 18.1. The fraction of sp³-hybridized carbons (Fsp3) is 0.111. The van der Waals surface area contributed by atoms with Gasteiger partial charge in [-0.15, -0.1) is 0 Å². The molecule has 7 nitrogen and oxygen atoms in total. The molecule has 0 amide bonds. The van der Waals surface area contributed by atoms with Crippen molar-refractivity contribution in [2.75, 3.05) is 14.2 Å². The summed E-state index contributed by atoms with van der Waals surface area (Å²) in [5, 5.41) is 0. The summed E-state index contributed by atoms with van der Waals surface area (Å²) in [5.74, 6) is -2.66. The first-order chi connectivity index (χ1) is 12.0. The Morgan fingerprint density at radius 2 is 1.48 bits per heavy atom. The number of carbonyl (C=O) groups excluding carboxylic acids is 4. The molecule has 0 unspecified atom stereocenters. The van der Waals surface area contributed by atoms with E-state index in [0.717, 1.165) is 0 Å². The van der Waals surface area contributed by atoms with Crippen LogP contribution in [0.3, 0.4) is 0 Å². The predicted octanol–water partition coefficient (Wildman–Crippen LogP) is 2.24. The van der Waals surface area contributed by atoms with Crippen molar-refractivity contribution in [2.45, 2.75) is 0 Å². The zero-order valence-corrected chi connectivity index (χ0v) is 13.3. The molecule has 1 aliphatic heterocycles. The highest BCUT2D eigenvalue weighted by Crippen LogP contribution is 2.30. The largest absolute Gasteiger partial charge is 0.465 e. The van der Waals surface area contributed by atoms with Gasteiger partial charge in [0.05, 0.1) is 36.5 Å². The van der Waals surface area contributed by atoms with Gasteiger partial charge in [0.25, 0.3) is 0 Å². The Kier molecular flexibility index (Phi) is 4.06. The smallest absolute Gasteiger partial charge is 0.346 e. The van der Waals surface area contributed by atoms with Gasteiger partial charge in [0, 0.05) is 0 Å². The van der Waals surface area contributed by atoms with Crippen LogP contribution < -0.4 is 0 Å². The van der Waals surface area contributed by atoms with Gasteiger partial charge in [0.15, 0.2) is 0 Å². The van der Waals surface area contributed by atoms with Crippen LogP contribution in [-0.2, 0) is 14.2 Å². The molecule has 0 bridgehead atoms. The normalized spacial score (nSPS) is 12.4. The Morgan fingerprint density at radius 3 is 2.16 bits per heavy atom. The SMILES string of the molecule is COC(=O)c1ccc(C(=O)OC)c(-c2ccc3c(c2)C(=O)OC3=O)c1. The van der Waals surface area contributed by atoms with Crippen LogP contribution in [0.5, 0.6) is 0 Å². The predicted molar refractivity (Wildman–Crippen MR) is 84.3 cm³/mol. The standard InChI is InChI=1S/C18H12O7/c1-23-15(19)10-4-6-11(16(20)24-2)13(8-10)9-3-5-12-14(7-9)18(22)25-17(12)21/h3-8H,1-2H3. The molecule has 126 valence electrons. The molecule has 0 saturated carbocycles. The minimum Gasteiger partial charge on any atom is -0.465 e. The molecule has 0 atom stereocenters. The van der Waals surface area contributed by atoms with Gasteiger partial charge in [-0.2, -0.15) is 0 Å². The van der Waals surface area contributed by atoms with Crippen molar-refractivity contribution in [1.29, 1.82) is 0 Å². The molecule has 2 aromatic carbocycles. The Morgan fingerprint density at radius 1 is 0.800 bits per heavy atom. The Hall–Kier alpha value is -3.48. The number of hydrogen-bond donors (Lipinski definition) is 0. The topological polar surface area (TPSA) is 96.0 Å². The summed E-state index contributed by atoms with van der Waals surface area (Å²) in [7, 11) is 2.48. The van der Waals surface area contributed by atoms with E-state index in [-0.39, 0.29) is 22.3 Å². The van der Waals surface area contributed by atoms with E-state index in [0.29, 0.717) is 11.1 Å². The molecule has 25 heavy (non-hydrogen) atoms. The van der Waals surface area contributed by atoms with Crippen LogP contribution >= 0.6 is 0 Å². The van der Waals surface area contributed by atoms with Crippen LogP contribution in [0, 0.1) is 0 Å². The fourth-order valence-corrected chi connectivity index (χ4v) is 2.57. The van der Waals surface area contributed by atoms with Crippen LogP contribution in [0.15, 0.2) is 36.4 Å². The van der Waals surface area contributed by atoms with Gasteiger partial charge < -0.3 is 14.2 Å². The van der Waals surface area contributed by atoms with Crippen molar-refractivity contribution in [1.82, 2.24) is 0 Å². The molecule has 0 N–H and O–H groups in total. The Labute approximate surface area is 142 Å². The molecule has 2 aromatic rings. The highest BCUT2D eigenvalue weighted by molar-refractivity contribution is 6.15. The summed E-state index contributed by atoms with van der Waals surface area (Å²) in [6, 6.07) is 8.76. The fourth-order valence-electron chi connectivity index (χ4n) is 2.57. The van der Waals surface area contributed by atoms with Gasteiger partial charge in [-0.1, -0.05) is 6.07 Å². The van der Waals surface area contributed by atoms with Crippen molar-refractivity contribution in [3.63, 3.8) is 0 Å². The monoisotopic (exact) mass is 340 g/mol. The molecule has 0 radical (unpaired) electrons. The summed E-state index contributed by atoms with van der Waals surface area (Å²) in [4.78, 5) is 47.1. The highest BCUT2D eigenvalue weighted by Gasteiger charge is 2.30. The average molecular weight is 340 g/mol. The van der Waals surface area contributed by atoms with Crippen molar-refractivity contribution < 1.29 is 33.4 Å². The second-order valence-corrected chi connectivity index (χ2v) is 5.18. The summed E-state index contributed by atoms with van der Waals surface area (Å²) in [6.45, 7) is 0. The number of carbonyl (C=O) groups is 4. The van der Waals surface area contributed by atoms with Crippen LogP contribution in [0.1, 0.15) is 41.4 Å². The van der Waals surface area contributed by atoms with Gasteiger partial charge in [-0.05, 0) is 41.5 Å². The molecular formula is C18H12O7. The molecule has 0 spiro atoms. The first-order valence-corrected chi connectivity index (χ1v) is 7.18. The maximum atomic E-state index is 12.0. The number of fused-ring (bicyclic) bond motifs is 1. The summed E-state index contributed by atoms with van der Waals surface area (Å²) in [6.07, 6.45) is 0. The quantitative estimate of drug-likeness (QED) is 0.480. The van der Waals surface area contributed by atoms with Crippen LogP contribution in [0.25, 0.3) is 11.1 Å². The van der Waals surface area contributed by atoms with E-state index in [2.05, 4.69) is 9.47 Å². The summed E-state index contributed by atoms with van der Waals surface area (Å²) < 4.78 is 14.0. The lowest BCUT2D eigenvalue weighted by atomic mass is 9.94. The molecule has 0 aliphatic carbocycles. The second kappa shape index (κ2) is 6.20. The second-order valence-electron chi connectivity index (χ2n) is 5.18. The van der Waals surface area contributed by atoms with E-state index in [9.17, 15) is 19.2 Å². The number of methoxy groups -OCH3 is 2. The number of hydrogen-bond acceptors (Lipinski definition) is 7. The minimum atomic E-state index is -0.759. The van der Waals surface area contributed by atoms with Gasteiger partial charge in [-0.3, -0.25) is 0 Å². The van der Waals surface area contributed by atoms with Crippen LogP contribution in [0.2, 0.25) is 0 Å². The molecular weight excluding hydrogens is 328 g/mol. The molecule has 3 rings (SSSR count). The molecule has 1 aliphatic rings. The zero-order valence-electron chi connectivity index (χ0n) is 13.3. The number of cyclic esters (lactones) is 2. The molecule has 7 heteroatoms. The third kappa shape index (κ3) is 2.76. The van der Waals surface area contributed by atoms with Crippen molar-refractivity contribution in [2.24, 2.45) is 0 Å². The lowest BCUT2D eigenvalue weighted by Gasteiger charge is -2.10. The van der Waals surface area contributed by atoms with Gasteiger partial charge in [0.2, 0.25) is 0 Å². The van der Waals surface area contributed by atoms with E-state index >= 15 is 0 Å². The number of rotatable bonds is 3. The number of benzene rings is 2. The maximum Gasteiger partial charge on any atom is 0.346 e. The highest BCUT2D eigenvalue weighted by atomic mass is 16.6. The van der Waals surface area contributed by atoms with Crippen molar-refractivity contribution in [3.8, 4) is 11.1 Å². The van der Waals surface area contributed by atoms with Gasteiger partial charge in [0.1, 0.15) is 0 Å². The van der Waals surface area contributed by atoms with Crippen LogP contribution in [0.4, 0.5) is 0 Å². The van der Waals surface area contributed by atoms with E-state index in [1.165, 1.54) is 44.6 Å². The third-order valence-electron chi connectivity index (χ3n) is 3.80. The number of esters is 4. The lowest BCUT2D eigenvalue weighted by molar-refractivity contribution is 0.0442. The molecule has 0 aromatic heterocycles. The average Bonchev–Trinajstić information content (AvgIpc) is 2.93. The lowest BCUT2D eigenvalue weighted by Crippen LogP contribution is -2.07. The van der Waals surface area contributed by atoms with E-state index < -0.39 is 23.9 Å². The summed E-state index contributed by atoms with van der Waals surface area (Å²) in [5.41, 5.74) is 1.50. The minimum absolute atomic E-state index is 0.0989.